The number of benzene rings is 1. The maximum atomic E-state index is 15.0. The summed E-state index contributed by atoms with van der Waals surface area (Å²) in [5, 5.41) is 6.27. The minimum Gasteiger partial charge on any atom is -0.326 e. The number of halogens is 2. The Morgan fingerprint density at radius 3 is 2.69 bits per heavy atom. The Kier molecular flexibility index (Phi) is 6.63. The summed E-state index contributed by atoms with van der Waals surface area (Å²) in [6.07, 6.45) is 1.95. The second-order valence-corrected chi connectivity index (χ2v) is 9.40. The monoisotopic (exact) mass is 492 g/mol. The van der Waals surface area contributed by atoms with Gasteiger partial charge < -0.3 is 15.2 Å². The average molecular weight is 493 g/mol. The summed E-state index contributed by atoms with van der Waals surface area (Å²) in [6, 6.07) is 7.00. The molecule has 10 heteroatoms. The minimum atomic E-state index is -0.633. The van der Waals surface area contributed by atoms with Crippen molar-refractivity contribution in [2.75, 3.05) is 32.0 Å². The molecule has 0 fully saturated rings. The van der Waals surface area contributed by atoms with Crippen LogP contribution in [0.15, 0.2) is 30.5 Å². The molecule has 5 rings (SSSR count). The first-order valence-corrected chi connectivity index (χ1v) is 12.2. The van der Waals surface area contributed by atoms with E-state index in [0.29, 0.717) is 22.7 Å². The molecular formula is C26H30F2N8. The van der Waals surface area contributed by atoms with Crippen LogP contribution >= 0.6 is 0 Å². The fourth-order valence-corrected chi connectivity index (χ4v) is 4.81. The smallest absolute Gasteiger partial charge is 0.229 e. The van der Waals surface area contributed by atoms with Gasteiger partial charge in [-0.15, -0.1) is 0 Å². The highest BCUT2D eigenvalue weighted by Gasteiger charge is 2.20. The Labute approximate surface area is 208 Å². The van der Waals surface area contributed by atoms with Gasteiger partial charge in [0.05, 0.1) is 11.7 Å². The number of imidazole rings is 1. The van der Waals surface area contributed by atoms with Crippen molar-refractivity contribution in [2.45, 2.75) is 39.8 Å². The van der Waals surface area contributed by atoms with E-state index in [1.165, 1.54) is 11.6 Å². The number of nitrogens with zero attached hydrogens (tertiary/aromatic N) is 6. The van der Waals surface area contributed by atoms with Crippen LogP contribution in [0, 0.1) is 18.6 Å². The van der Waals surface area contributed by atoms with Crippen LogP contribution in [0.3, 0.4) is 0 Å². The number of aromatic nitrogens is 5. The van der Waals surface area contributed by atoms with Gasteiger partial charge in [0.1, 0.15) is 22.9 Å². The number of rotatable bonds is 7. The molecule has 1 aliphatic rings. The number of likely N-dealkylation sites (N-methyl/N-ethyl adjacent to an activating group) is 1. The third kappa shape index (κ3) is 4.66. The molecule has 0 amide bonds. The van der Waals surface area contributed by atoms with Gasteiger partial charge >= 0.3 is 0 Å². The molecule has 0 unspecified atom stereocenters. The van der Waals surface area contributed by atoms with Gasteiger partial charge in [-0.25, -0.2) is 28.7 Å². The summed E-state index contributed by atoms with van der Waals surface area (Å²) in [4.78, 5) is 20.0. The van der Waals surface area contributed by atoms with Crippen molar-refractivity contribution in [3.63, 3.8) is 0 Å². The number of pyridine rings is 1. The highest BCUT2D eigenvalue weighted by Crippen LogP contribution is 2.30. The molecule has 8 nitrogen and oxygen atoms in total. The topological polar surface area (TPSA) is 83.8 Å². The maximum absolute atomic E-state index is 15.0. The third-order valence-corrected chi connectivity index (χ3v) is 6.50. The SMILES string of the molecule is CNCCN1CCc2nc(Nc3ncc(F)c(-c4cc(F)c5nc(C)n(C(C)C)c5c4)n3)ccc2C1. The van der Waals surface area contributed by atoms with Crippen LogP contribution in [0.4, 0.5) is 20.5 Å². The largest absolute Gasteiger partial charge is 0.326 e. The van der Waals surface area contributed by atoms with Gasteiger partial charge in [0.15, 0.2) is 11.6 Å². The zero-order valence-corrected chi connectivity index (χ0v) is 20.9. The quantitative estimate of drug-likeness (QED) is 0.396. The van der Waals surface area contributed by atoms with E-state index < -0.39 is 11.6 Å². The van der Waals surface area contributed by atoms with Crippen LogP contribution < -0.4 is 10.6 Å². The molecule has 1 aliphatic heterocycles. The van der Waals surface area contributed by atoms with Gasteiger partial charge in [-0.1, -0.05) is 6.07 Å². The fourth-order valence-electron chi connectivity index (χ4n) is 4.81. The number of aryl methyl sites for hydroxylation is 1. The Bertz CT molecular complexity index is 1420. The van der Waals surface area contributed by atoms with Crippen molar-refractivity contribution in [3.8, 4) is 11.3 Å². The van der Waals surface area contributed by atoms with E-state index >= 15 is 0 Å². The predicted molar refractivity (Wildman–Crippen MR) is 136 cm³/mol. The molecule has 0 bridgehead atoms. The Hall–Kier alpha value is -3.50. The zero-order valence-electron chi connectivity index (χ0n) is 20.9. The average Bonchev–Trinajstić information content (AvgIpc) is 3.20. The van der Waals surface area contributed by atoms with Gasteiger partial charge in [0.2, 0.25) is 5.95 Å². The molecule has 0 saturated heterocycles. The van der Waals surface area contributed by atoms with Crippen molar-refractivity contribution >= 4 is 22.8 Å². The summed E-state index contributed by atoms with van der Waals surface area (Å²) in [5.74, 6) is 0.332. The lowest BCUT2D eigenvalue weighted by Gasteiger charge is -2.28. The predicted octanol–water partition coefficient (Wildman–Crippen LogP) is 4.38. The van der Waals surface area contributed by atoms with Crippen molar-refractivity contribution in [1.29, 1.82) is 0 Å². The maximum Gasteiger partial charge on any atom is 0.229 e. The van der Waals surface area contributed by atoms with Gasteiger partial charge in [0, 0.05) is 49.9 Å². The molecule has 4 aromatic rings. The molecule has 1 aromatic carbocycles. The van der Waals surface area contributed by atoms with Crippen LogP contribution in [0.1, 0.15) is 37.0 Å². The first kappa shape index (κ1) is 24.2. The molecule has 188 valence electrons. The van der Waals surface area contributed by atoms with Gasteiger partial charge in [-0.3, -0.25) is 4.90 Å². The minimum absolute atomic E-state index is 0.0144. The molecule has 0 spiro atoms. The van der Waals surface area contributed by atoms with Crippen molar-refractivity contribution < 1.29 is 8.78 Å². The van der Waals surface area contributed by atoms with Crippen LogP contribution in [0.25, 0.3) is 22.3 Å². The van der Waals surface area contributed by atoms with E-state index in [1.54, 1.807) is 6.07 Å². The van der Waals surface area contributed by atoms with Crippen LogP contribution in [-0.4, -0.2) is 56.1 Å². The highest BCUT2D eigenvalue weighted by molar-refractivity contribution is 5.83. The van der Waals surface area contributed by atoms with E-state index in [0.717, 1.165) is 44.5 Å². The van der Waals surface area contributed by atoms with Crippen molar-refractivity contribution in [2.24, 2.45) is 0 Å². The summed E-state index contributed by atoms with van der Waals surface area (Å²) in [5.41, 5.74) is 3.44. The van der Waals surface area contributed by atoms with E-state index in [1.807, 2.05) is 38.5 Å². The lowest BCUT2D eigenvalue weighted by molar-refractivity contribution is 0.254. The van der Waals surface area contributed by atoms with E-state index in [-0.39, 0.29) is 23.2 Å². The van der Waals surface area contributed by atoms with Crippen LogP contribution in [0.5, 0.6) is 0 Å². The Morgan fingerprint density at radius 1 is 1.08 bits per heavy atom. The first-order valence-electron chi connectivity index (χ1n) is 12.2. The standard InChI is InChI=1S/C26H30F2N8/c1-15(2)36-16(3)31-25-19(27)11-18(12-22(25)36)24-20(28)13-30-26(34-24)33-23-6-5-17-14-35(10-8-29-4)9-7-21(17)32-23/h5-6,11-13,15,29H,7-10,14H2,1-4H3,(H,30,32,33,34). The third-order valence-electron chi connectivity index (χ3n) is 6.50. The Morgan fingerprint density at radius 2 is 1.92 bits per heavy atom. The molecule has 0 radical (unpaired) electrons. The van der Waals surface area contributed by atoms with Gasteiger partial charge in [-0.05, 0) is 51.6 Å². The molecular weight excluding hydrogens is 462 g/mol. The lowest BCUT2D eigenvalue weighted by Crippen LogP contribution is -2.35. The van der Waals surface area contributed by atoms with Gasteiger partial charge in [0.25, 0.3) is 0 Å². The van der Waals surface area contributed by atoms with Crippen LogP contribution in [0.2, 0.25) is 0 Å². The first-order chi connectivity index (χ1) is 17.3. The Balaban J connectivity index is 1.43. The summed E-state index contributed by atoms with van der Waals surface area (Å²) in [7, 11) is 1.96. The summed E-state index contributed by atoms with van der Waals surface area (Å²) < 4.78 is 31.7. The van der Waals surface area contributed by atoms with E-state index in [4.69, 9.17) is 4.98 Å². The van der Waals surface area contributed by atoms with E-state index in [2.05, 4.69) is 36.6 Å². The molecule has 0 aliphatic carbocycles. The normalized spacial score (nSPS) is 14.0. The number of nitrogens with one attached hydrogen (secondary N) is 2. The second kappa shape index (κ2) is 9.87. The fraction of sp³-hybridized carbons (Fsp3) is 0.385. The second-order valence-electron chi connectivity index (χ2n) is 9.40. The molecule has 0 saturated carbocycles. The summed E-state index contributed by atoms with van der Waals surface area (Å²) in [6.45, 7) is 9.58. The van der Waals surface area contributed by atoms with Crippen molar-refractivity contribution in [1.82, 2.24) is 34.7 Å². The molecule has 3 aromatic heterocycles. The lowest BCUT2D eigenvalue weighted by atomic mass is 10.1. The van der Waals surface area contributed by atoms with Crippen molar-refractivity contribution in [3.05, 3.63) is 59.2 Å². The van der Waals surface area contributed by atoms with Gasteiger partial charge in [-0.2, -0.15) is 0 Å². The zero-order chi connectivity index (χ0) is 25.4. The van der Waals surface area contributed by atoms with Crippen LogP contribution in [-0.2, 0) is 13.0 Å². The molecule has 36 heavy (non-hydrogen) atoms. The number of fused-ring (bicyclic) bond motifs is 2. The number of hydrogen-bond donors (Lipinski definition) is 2. The molecule has 0 atom stereocenters. The number of hydrogen-bond acceptors (Lipinski definition) is 7. The molecule has 2 N–H and O–H groups in total. The van der Waals surface area contributed by atoms with E-state index in [9.17, 15) is 8.78 Å². The summed E-state index contributed by atoms with van der Waals surface area (Å²) >= 11 is 0. The number of anilines is 2. The molecule has 4 heterocycles. The highest BCUT2D eigenvalue weighted by atomic mass is 19.1.